The first-order valence-corrected chi connectivity index (χ1v) is 4.63. The normalized spacial score (nSPS) is 12.3. The molecule has 0 radical (unpaired) electrons. The summed E-state index contributed by atoms with van der Waals surface area (Å²) in [5.74, 6) is -0.833. The molecule has 1 atom stereocenters. The van der Waals surface area contributed by atoms with Crippen LogP contribution in [-0.2, 0) is 9.53 Å². The summed E-state index contributed by atoms with van der Waals surface area (Å²) in [6, 6.07) is 3.99. The fraction of sp³-hybridized carbons (Fsp3) is 0.364. The molecule has 0 aliphatic carbocycles. The summed E-state index contributed by atoms with van der Waals surface area (Å²) in [7, 11) is 1.28. The quantitative estimate of drug-likeness (QED) is 0.774. The van der Waals surface area contributed by atoms with E-state index in [9.17, 15) is 9.18 Å². The minimum atomic E-state index is -0.655. The number of aryl methyl sites for hydroxylation is 1. The van der Waals surface area contributed by atoms with Crippen molar-refractivity contribution in [2.45, 2.75) is 19.4 Å². The van der Waals surface area contributed by atoms with Crippen LogP contribution < -0.4 is 5.73 Å². The van der Waals surface area contributed by atoms with Crippen LogP contribution in [0.25, 0.3) is 0 Å². The fourth-order valence-corrected chi connectivity index (χ4v) is 1.32. The second-order valence-electron chi connectivity index (χ2n) is 3.41. The Balaban J connectivity index is 2.85. The standard InChI is InChI=1S/C11H14FNO2/c1-7-3-4-9(12)8(5-7)10(13)6-11(14)15-2/h3-5,10H,6,13H2,1-2H3. The number of carbonyl (C=O) groups excluding carboxylic acids is 1. The molecule has 0 saturated heterocycles. The van der Waals surface area contributed by atoms with Crippen molar-refractivity contribution in [3.05, 3.63) is 35.1 Å². The Morgan fingerprint density at radius 2 is 2.27 bits per heavy atom. The van der Waals surface area contributed by atoms with Crippen molar-refractivity contribution in [2.75, 3.05) is 7.11 Å². The molecule has 0 saturated carbocycles. The van der Waals surface area contributed by atoms with Crippen molar-refractivity contribution in [1.29, 1.82) is 0 Å². The number of esters is 1. The Kier molecular flexibility index (Phi) is 3.80. The Bertz CT molecular complexity index is 366. The Hall–Kier alpha value is -1.42. The van der Waals surface area contributed by atoms with E-state index >= 15 is 0 Å². The lowest BCUT2D eigenvalue weighted by molar-refractivity contribution is -0.141. The molecule has 0 aromatic heterocycles. The smallest absolute Gasteiger partial charge is 0.307 e. The van der Waals surface area contributed by atoms with E-state index in [4.69, 9.17) is 5.73 Å². The number of hydrogen-bond donors (Lipinski definition) is 1. The summed E-state index contributed by atoms with van der Waals surface area (Å²) >= 11 is 0. The largest absolute Gasteiger partial charge is 0.469 e. The van der Waals surface area contributed by atoms with E-state index in [0.717, 1.165) is 5.56 Å². The molecule has 0 bridgehead atoms. The second-order valence-corrected chi connectivity index (χ2v) is 3.41. The highest BCUT2D eigenvalue weighted by atomic mass is 19.1. The van der Waals surface area contributed by atoms with E-state index in [0.29, 0.717) is 5.56 Å². The van der Waals surface area contributed by atoms with Gasteiger partial charge in [-0.3, -0.25) is 4.79 Å². The summed E-state index contributed by atoms with van der Waals surface area (Å²) in [5.41, 5.74) is 6.96. The van der Waals surface area contributed by atoms with Gasteiger partial charge in [0.25, 0.3) is 0 Å². The number of halogens is 1. The molecular weight excluding hydrogens is 197 g/mol. The molecule has 0 heterocycles. The molecular formula is C11H14FNO2. The van der Waals surface area contributed by atoms with E-state index in [1.165, 1.54) is 13.2 Å². The predicted octanol–water partition coefficient (Wildman–Crippen LogP) is 1.70. The molecule has 82 valence electrons. The Morgan fingerprint density at radius 3 is 2.87 bits per heavy atom. The van der Waals surface area contributed by atoms with Gasteiger partial charge in [0.2, 0.25) is 0 Å². The van der Waals surface area contributed by atoms with Gasteiger partial charge in [-0.15, -0.1) is 0 Å². The molecule has 0 aliphatic heterocycles. The third-order valence-corrected chi connectivity index (χ3v) is 2.17. The molecule has 1 unspecified atom stereocenters. The van der Waals surface area contributed by atoms with Crippen molar-refractivity contribution < 1.29 is 13.9 Å². The average Bonchev–Trinajstić information content (AvgIpc) is 2.21. The van der Waals surface area contributed by atoms with Crippen molar-refractivity contribution in [2.24, 2.45) is 5.73 Å². The summed E-state index contributed by atoms with van der Waals surface area (Å²) in [6.07, 6.45) is -0.0170. The van der Waals surface area contributed by atoms with E-state index in [1.807, 2.05) is 6.92 Å². The van der Waals surface area contributed by atoms with Crippen LogP contribution in [0.4, 0.5) is 4.39 Å². The van der Waals surface area contributed by atoms with Crippen LogP contribution in [0.15, 0.2) is 18.2 Å². The van der Waals surface area contributed by atoms with Gasteiger partial charge >= 0.3 is 5.97 Å². The number of methoxy groups -OCH3 is 1. The molecule has 0 spiro atoms. The van der Waals surface area contributed by atoms with Crippen molar-refractivity contribution in [3.8, 4) is 0 Å². The molecule has 15 heavy (non-hydrogen) atoms. The summed E-state index contributed by atoms with van der Waals surface area (Å²) in [5, 5.41) is 0. The van der Waals surface area contributed by atoms with Gasteiger partial charge in [0, 0.05) is 11.6 Å². The third-order valence-electron chi connectivity index (χ3n) is 2.17. The van der Waals surface area contributed by atoms with Crippen LogP contribution in [0, 0.1) is 12.7 Å². The minimum absolute atomic E-state index is 0.0170. The lowest BCUT2D eigenvalue weighted by Gasteiger charge is -2.12. The second kappa shape index (κ2) is 4.89. The fourth-order valence-electron chi connectivity index (χ4n) is 1.32. The number of benzene rings is 1. The van der Waals surface area contributed by atoms with Gasteiger partial charge in [0.1, 0.15) is 5.82 Å². The van der Waals surface area contributed by atoms with E-state index < -0.39 is 17.8 Å². The SMILES string of the molecule is COC(=O)CC(N)c1cc(C)ccc1F. The van der Waals surface area contributed by atoms with Crippen molar-refractivity contribution >= 4 is 5.97 Å². The highest BCUT2D eigenvalue weighted by Crippen LogP contribution is 2.19. The zero-order chi connectivity index (χ0) is 11.4. The first-order chi connectivity index (χ1) is 7.04. The summed E-state index contributed by atoms with van der Waals surface area (Å²) in [6.45, 7) is 1.84. The molecule has 0 aliphatic rings. The molecule has 4 heteroatoms. The topological polar surface area (TPSA) is 52.3 Å². The maximum absolute atomic E-state index is 13.3. The molecule has 0 fully saturated rings. The maximum atomic E-state index is 13.3. The summed E-state index contributed by atoms with van der Waals surface area (Å²) in [4.78, 5) is 11.0. The highest BCUT2D eigenvalue weighted by Gasteiger charge is 2.15. The average molecular weight is 211 g/mol. The van der Waals surface area contributed by atoms with Gasteiger partial charge in [-0.1, -0.05) is 17.7 Å². The van der Waals surface area contributed by atoms with Crippen molar-refractivity contribution in [1.82, 2.24) is 0 Å². The zero-order valence-electron chi connectivity index (χ0n) is 8.79. The predicted molar refractivity (Wildman–Crippen MR) is 54.7 cm³/mol. The number of ether oxygens (including phenoxy) is 1. The van der Waals surface area contributed by atoms with Gasteiger partial charge in [-0.25, -0.2) is 4.39 Å². The molecule has 1 rings (SSSR count). The highest BCUT2D eigenvalue weighted by molar-refractivity contribution is 5.70. The molecule has 3 nitrogen and oxygen atoms in total. The van der Waals surface area contributed by atoms with Gasteiger partial charge in [-0.2, -0.15) is 0 Å². The van der Waals surface area contributed by atoms with Crippen LogP contribution in [0.2, 0.25) is 0 Å². The molecule has 2 N–H and O–H groups in total. The van der Waals surface area contributed by atoms with E-state index in [1.54, 1.807) is 12.1 Å². The molecule has 1 aromatic carbocycles. The lowest BCUT2D eigenvalue weighted by atomic mass is 10.0. The lowest BCUT2D eigenvalue weighted by Crippen LogP contribution is -2.17. The van der Waals surface area contributed by atoms with Crippen LogP contribution in [-0.4, -0.2) is 13.1 Å². The number of hydrogen-bond acceptors (Lipinski definition) is 3. The molecule has 0 amide bonds. The van der Waals surface area contributed by atoms with Crippen molar-refractivity contribution in [3.63, 3.8) is 0 Å². The summed E-state index contributed by atoms with van der Waals surface area (Å²) < 4.78 is 17.8. The van der Waals surface area contributed by atoms with E-state index in [-0.39, 0.29) is 6.42 Å². The maximum Gasteiger partial charge on any atom is 0.307 e. The van der Waals surface area contributed by atoms with Crippen LogP contribution in [0.5, 0.6) is 0 Å². The van der Waals surface area contributed by atoms with Gasteiger partial charge in [0.15, 0.2) is 0 Å². The van der Waals surface area contributed by atoms with Crippen LogP contribution in [0.3, 0.4) is 0 Å². The van der Waals surface area contributed by atoms with E-state index in [2.05, 4.69) is 4.74 Å². The first kappa shape index (κ1) is 11.7. The molecule has 1 aromatic rings. The number of rotatable bonds is 3. The van der Waals surface area contributed by atoms with Crippen LogP contribution >= 0.6 is 0 Å². The number of carbonyl (C=O) groups is 1. The third kappa shape index (κ3) is 3.02. The first-order valence-electron chi connectivity index (χ1n) is 4.63. The van der Waals surface area contributed by atoms with Gasteiger partial charge in [0.05, 0.1) is 13.5 Å². The van der Waals surface area contributed by atoms with Gasteiger partial charge in [-0.05, 0) is 13.0 Å². The monoisotopic (exact) mass is 211 g/mol. The zero-order valence-corrected chi connectivity index (χ0v) is 8.79. The van der Waals surface area contributed by atoms with Crippen LogP contribution in [0.1, 0.15) is 23.6 Å². The van der Waals surface area contributed by atoms with Gasteiger partial charge < -0.3 is 10.5 Å². The Morgan fingerprint density at radius 1 is 1.60 bits per heavy atom. The number of nitrogens with two attached hydrogens (primary N) is 1. The minimum Gasteiger partial charge on any atom is -0.469 e. The Labute approximate surface area is 88.0 Å².